The van der Waals surface area contributed by atoms with Crippen LogP contribution in [0.15, 0.2) is 17.1 Å². The van der Waals surface area contributed by atoms with Crippen LogP contribution in [-0.2, 0) is 16.6 Å². The van der Waals surface area contributed by atoms with Crippen molar-refractivity contribution in [3.63, 3.8) is 0 Å². The molecular weight excluding hydrogens is 308 g/mol. The van der Waals surface area contributed by atoms with Crippen molar-refractivity contribution in [2.24, 2.45) is 13.0 Å². The number of aromatic nitrogens is 2. The minimum absolute atomic E-state index is 0.0616. The molecule has 0 bridgehead atoms. The Balaban J connectivity index is 1.42. The van der Waals surface area contributed by atoms with Gasteiger partial charge in [0.25, 0.3) is 5.56 Å². The molecule has 1 aromatic rings. The lowest BCUT2D eigenvalue weighted by molar-refractivity contribution is -0.121. The Morgan fingerprint density at radius 1 is 1.42 bits per heavy atom. The first-order valence-electron chi connectivity index (χ1n) is 8.78. The normalized spacial score (nSPS) is 20.9. The molecule has 1 N–H and O–H groups in total. The first kappa shape index (κ1) is 17.0. The van der Waals surface area contributed by atoms with Gasteiger partial charge in [-0.05, 0) is 18.8 Å². The fourth-order valence-electron chi connectivity index (χ4n) is 2.96. The number of hydrogen-bond donors (Lipinski definition) is 1. The molecule has 132 valence electrons. The maximum Gasteiger partial charge on any atom is 0.268 e. The second kappa shape index (κ2) is 7.79. The lowest BCUT2D eigenvalue weighted by Crippen LogP contribution is -2.44. The average molecular weight is 334 g/mol. The largest absolute Gasteiger partial charge is 0.374 e. The van der Waals surface area contributed by atoms with Crippen molar-refractivity contribution in [2.75, 3.05) is 31.1 Å². The zero-order valence-electron chi connectivity index (χ0n) is 14.2. The van der Waals surface area contributed by atoms with E-state index in [4.69, 9.17) is 4.74 Å². The first-order valence-corrected chi connectivity index (χ1v) is 8.78. The number of anilines is 1. The molecule has 0 unspecified atom stereocenters. The highest BCUT2D eigenvalue weighted by atomic mass is 16.5. The van der Waals surface area contributed by atoms with Gasteiger partial charge in [-0.25, -0.2) is 4.68 Å². The van der Waals surface area contributed by atoms with Gasteiger partial charge < -0.3 is 15.0 Å². The number of rotatable bonds is 7. The minimum atomic E-state index is -0.113. The van der Waals surface area contributed by atoms with Gasteiger partial charge in [0.15, 0.2) is 0 Å². The van der Waals surface area contributed by atoms with E-state index in [0.717, 1.165) is 31.0 Å². The van der Waals surface area contributed by atoms with Crippen molar-refractivity contribution in [1.82, 2.24) is 15.1 Å². The predicted octanol–water partition coefficient (Wildman–Crippen LogP) is 0.682. The highest BCUT2D eigenvalue weighted by Crippen LogP contribution is 2.33. The molecule has 7 heteroatoms. The SMILES string of the molecule is Cn1ncc(N2CCO[C@H](CCNC(=O)CCC3CC3)C2)cc1=O. The number of amides is 1. The summed E-state index contributed by atoms with van der Waals surface area (Å²) in [5.41, 5.74) is 0.721. The molecule has 0 radical (unpaired) electrons. The number of carbonyl (C=O) groups excluding carboxylic acids is 1. The molecule has 1 atom stereocenters. The molecule has 3 rings (SSSR count). The van der Waals surface area contributed by atoms with Crippen LogP contribution in [0.1, 0.15) is 32.1 Å². The van der Waals surface area contributed by atoms with Gasteiger partial charge in [-0.1, -0.05) is 12.8 Å². The molecule has 0 aromatic carbocycles. The van der Waals surface area contributed by atoms with E-state index in [-0.39, 0.29) is 17.6 Å². The van der Waals surface area contributed by atoms with E-state index in [2.05, 4.69) is 15.3 Å². The van der Waals surface area contributed by atoms with E-state index in [1.807, 2.05) is 0 Å². The summed E-state index contributed by atoms with van der Waals surface area (Å²) in [6.45, 7) is 2.72. The minimum Gasteiger partial charge on any atom is -0.374 e. The summed E-state index contributed by atoms with van der Waals surface area (Å²) in [4.78, 5) is 25.6. The van der Waals surface area contributed by atoms with Gasteiger partial charge in [-0.2, -0.15) is 5.10 Å². The molecule has 1 saturated heterocycles. The highest BCUT2D eigenvalue weighted by molar-refractivity contribution is 5.75. The van der Waals surface area contributed by atoms with Gasteiger partial charge >= 0.3 is 0 Å². The Labute approximate surface area is 142 Å². The van der Waals surface area contributed by atoms with Crippen LogP contribution in [0.2, 0.25) is 0 Å². The second-order valence-corrected chi connectivity index (χ2v) is 6.74. The zero-order valence-corrected chi connectivity index (χ0v) is 14.2. The summed E-state index contributed by atoms with van der Waals surface area (Å²) >= 11 is 0. The summed E-state index contributed by atoms with van der Waals surface area (Å²) in [5, 5.41) is 7.05. The van der Waals surface area contributed by atoms with Crippen molar-refractivity contribution in [3.05, 3.63) is 22.6 Å². The molecule has 2 aliphatic rings. The first-order chi connectivity index (χ1) is 11.6. The number of carbonyl (C=O) groups is 1. The molecule has 24 heavy (non-hydrogen) atoms. The van der Waals surface area contributed by atoms with Crippen molar-refractivity contribution in [2.45, 2.75) is 38.2 Å². The highest BCUT2D eigenvalue weighted by Gasteiger charge is 2.23. The van der Waals surface area contributed by atoms with Crippen LogP contribution in [-0.4, -0.2) is 48.0 Å². The molecule has 7 nitrogen and oxygen atoms in total. The van der Waals surface area contributed by atoms with Gasteiger partial charge in [0.2, 0.25) is 5.91 Å². The smallest absolute Gasteiger partial charge is 0.268 e. The summed E-state index contributed by atoms with van der Waals surface area (Å²) < 4.78 is 7.10. The molecule has 1 aromatic heterocycles. The molecule has 1 aliphatic carbocycles. The molecule has 1 aliphatic heterocycles. The van der Waals surface area contributed by atoms with Crippen molar-refractivity contribution in [3.8, 4) is 0 Å². The fraction of sp³-hybridized carbons (Fsp3) is 0.706. The number of hydrogen-bond acceptors (Lipinski definition) is 5. The summed E-state index contributed by atoms with van der Waals surface area (Å²) in [7, 11) is 1.64. The average Bonchev–Trinajstić information content (AvgIpc) is 3.40. The van der Waals surface area contributed by atoms with E-state index >= 15 is 0 Å². The third-order valence-corrected chi connectivity index (χ3v) is 4.72. The third-order valence-electron chi connectivity index (χ3n) is 4.72. The van der Waals surface area contributed by atoms with E-state index in [0.29, 0.717) is 26.1 Å². The Kier molecular flexibility index (Phi) is 5.50. The molecular formula is C17H26N4O3. The molecule has 1 amide bonds. The Morgan fingerprint density at radius 2 is 2.25 bits per heavy atom. The Hall–Kier alpha value is -1.89. The van der Waals surface area contributed by atoms with E-state index < -0.39 is 0 Å². The quantitative estimate of drug-likeness (QED) is 0.794. The second-order valence-electron chi connectivity index (χ2n) is 6.74. The molecule has 2 heterocycles. The van der Waals surface area contributed by atoms with Crippen molar-refractivity contribution >= 4 is 11.6 Å². The van der Waals surface area contributed by atoms with Crippen molar-refractivity contribution in [1.29, 1.82) is 0 Å². The van der Waals surface area contributed by atoms with Crippen LogP contribution in [0.25, 0.3) is 0 Å². The maximum absolute atomic E-state index is 11.8. The topological polar surface area (TPSA) is 76.5 Å². The Bertz CT molecular complexity index is 627. The van der Waals surface area contributed by atoms with Crippen LogP contribution in [0, 0.1) is 5.92 Å². The van der Waals surface area contributed by atoms with E-state index in [1.54, 1.807) is 19.3 Å². The number of morpholine rings is 1. The lowest BCUT2D eigenvalue weighted by Gasteiger charge is -2.34. The molecule has 1 saturated carbocycles. The lowest BCUT2D eigenvalue weighted by atomic mass is 10.2. The maximum atomic E-state index is 11.8. The standard InChI is InChI=1S/C17H26N4O3/c1-20-17(23)10-14(11-19-20)21-8-9-24-15(12-21)6-7-18-16(22)5-4-13-2-3-13/h10-11,13,15H,2-9,12H2,1H3,(H,18,22)/t15-/m1/s1. The fourth-order valence-corrected chi connectivity index (χ4v) is 2.96. The summed E-state index contributed by atoms with van der Waals surface area (Å²) in [5.74, 6) is 0.934. The van der Waals surface area contributed by atoms with Crippen LogP contribution in [0.3, 0.4) is 0 Å². The van der Waals surface area contributed by atoms with Crippen LogP contribution in [0.4, 0.5) is 5.69 Å². The number of aryl methyl sites for hydroxylation is 1. The number of nitrogens with one attached hydrogen (secondary N) is 1. The van der Waals surface area contributed by atoms with Gasteiger partial charge in [-0.3, -0.25) is 9.59 Å². The Morgan fingerprint density at radius 3 is 3.00 bits per heavy atom. The van der Waals surface area contributed by atoms with E-state index in [9.17, 15) is 9.59 Å². The summed E-state index contributed by atoms with van der Waals surface area (Å²) in [6.07, 6.45) is 6.79. The monoisotopic (exact) mass is 334 g/mol. The van der Waals surface area contributed by atoms with Crippen LogP contribution >= 0.6 is 0 Å². The summed E-state index contributed by atoms with van der Waals surface area (Å²) in [6, 6.07) is 1.61. The number of ether oxygens (including phenoxy) is 1. The van der Waals surface area contributed by atoms with Crippen LogP contribution in [0.5, 0.6) is 0 Å². The van der Waals surface area contributed by atoms with Gasteiger partial charge in [0.05, 0.1) is 24.6 Å². The molecule has 0 spiro atoms. The van der Waals surface area contributed by atoms with Gasteiger partial charge in [-0.15, -0.1) is 0 Å². The molecule has 2 fully saturated rings. The van der Waals surface area contributed by atoms with Crippen LogP contribution < -0.4 is 15.8 Å². The zero-order chi connectivity index (χ0) is 16.9. The van der Waals surface area contributed by atoms with E-state index in [1.165, 1.54) is 17.5 Å². The van der Waals surface area contributed by atoms with Crippen molar-refractivity contribution < 1.29 is 9.53 Å². The van der Waals surface area contributed by atoms with Gasteiger partial charge in [0, 0.05) is 39.2 Å². The third kappa shape index (κ3) is 4.80. The van der Waals surface area contributed by atoms with Gasteiger partial charge in [0.1, 0.15) is 0 Å². The predicted molar refractivity (Wildman–Crippen MR) is 91.0 cm³/mol. The number of nitrogens with zero attached hydrogens (tertiary/aromatic N) is 3.